The van der Waals surface area contributed by atoms with Gasteiger partial charge in [-0.15, -0.1) is 0 Å². The largest absolute Gasteiger partial charge is 0.465 e. The van der Waals surface area contributed by atoms with E-state index in [9.17, 15) is 18.4 Å². The summed E-state index contributed by atoms with van der Waals surface area (Å²) in [5, 5.41) is -0.215. The first-order valence-corrected chi connectivity index (χ1v) is 12.5. The number of carbonyl (C=O) groups is 2. The molecule has 7 nitrogen and oxygen atoms in total. The number of amides is 2. The first kappa shape index (κ1) is 24.8. The van der Waals surface area contributed by atoms with Crippen LogP contribution in [0.3, 0.4) is 0 Å². The van der Waals surface area contributed by atoms with Gasteiger partial charge >= 0.3 is 6.61 Å². The molecule has 3 aromatic rings. The van der Waals surface area contributed by atoms with Gasteiger partial charge in [0, 0.05) is 19.2 Å². The molecular formula is C27H23F2N3O4S. The summed E-state index contributed by atoms with van der Waals surface area (Å²) in [5.74, 6) is -0.0568. The Morgan fingerprint density at radius 1 is 1.11 bits per heavy atom. The van der Waals surface area contributed by atoms with Crippen molar-refractivity contribution in [2.45, 2.75) is 31.8 Å². The Morgan fingerprint density at radius 2 is 1.86 bits per heavy atom. The fraction of sp³-hybridized carbons (Fsp3) is 0.222. The molecule has 10 heteroatoms. The summed E-state index contributed by atoms with van der Waals surface area (Å²) in [6, 6.07) is 17.2. The van der Waals surface area contributed by atoms with Gasteiger partial charge in [0.2, 0.25) is 5.91 Å². The van der Waals surface area contributed by atoms with E-state index in [0.717, 1.165) is 12.0 Å². The molecule has 0 N–H and O–H groups in total. The number of aliphatic imine (C=N–C) groups is 1. The molecule has 0 saturated heterocycles. The molecule has 0 fully saturated rings. The van der Waals surface area contributed by atoms with Gasteiger partial charge in [0.15, 0.2) is 5.17 Å². The van der Waals surface area contributed by atoms with Crippen molar-refractivity contribution in [1.82, 2.24) is 4.90 Å². The zero-order chi connectivity index (χ0) is 25.9. The second-order valence-corrected chi connectivity index (χ2v) is 9.80. The monoisotopic (exact) mass is 523 g/mol. The van der Waals surface area contributed by atoms with Crippen LogP contribution >= 0.6 is 11.8 Å². The number of ether oxygens (including phenoxy) is 1. The van der Waals surface area contributed by atoms with Crippen molar-refractivity contribution in [1.29, 1.82) is 0 Å². The standard InChI is InChI=1S/C27H23F2N3O4S/c1-17(24(33)31-13-12-18-5-2-3-6-19(18)16-31)37-27-30-23(15-22-7-4-14-35-22)25(34)32(27)20-8-10-21(11-9-20)36-26(28)29/h2-11,14-15,17,26H,12-13,16H2,1H3/b23-15+/t17-/m1/s1. The molecule has 0 unspecified atom stereocenters. The fourth-order valence-electron chi connectivity index (χ4n) is 4.24. The van der Waals surface area contributed by atoms with E-state index < -0.39 is 17.8 Å². The molecule has 0 bridgehead atoms. The number of anilines is 1. The zero-order valence-corrected chi connectivity index (χ0v) is 20.7. The van der Waals surface area contributed by atoms with Crippen molar-refractivity contribution in [2.24, 2.45) is 4.99 Å². The lowest BCUT2D eigenvalue weighted by Crippen LogP contribution is -2.41. The predicted molar refractivity (Wildman–Crippen MR) is 137 cm³/mol. The van der Waals surface area contributed by atoms with Gasteiger partial charge in [0.1, 0.15) is 17.2 Å². The van der Waals surface area contributed by atoms with Crippen LogP contribution in [0.15, 0.2) is 82.0 Å². The van der Waals surface area contributed by atoms with Crippen LogP contribution in [0.2, 0.25) is 0 Å². The first-order chi connectivity index (χ1) is 17.9. The Bertz CT molecular complexity index is 1360. The van der Waals surface area contributed by atoms with Crippen molar-refractivity contribution < 1.29 is 27.5 Å². The number of amidine groups is 1. The summed E-state index contributed by atoms with van der Waals surface area (Å²) in [4.78, 5) is 34.4. The molecule has 1 atom stereocenters. The maximum absolute atomic E-state index is 13.3. The highest BCUT2D eigenvalue weighted by molar-refractivity contribution is 8.15. The highest BCUT2D eigenvalue weighted by Crippen LogP contribution is 2.33. The van der Waals surface area contributed by atoms with Crippen LogP contribution in [-0.4, -0.2) is 40.3 Å². The van der Waals surface area contributed by atoms with Crippen LogP contribution in [0.4, 0.5) is 14.5 Å². The normalized spacial score (nSPS) is 17.2. The lowest BCUT2D eigenvalue weighted by Gasteiger charge is -2.31. The van der Waals surface area contributed by atoms with Crippen LogP contribution < -0.4 is 9.64 Å². The minimum absolute atomic E-state index is 0.0307. The topological polar surface area (TPSA) is 75.4 Å². The number of nitrogens with zero attached hydrogens (tertiary/aromatic N) is 3. The Hall–Kier alpha value is -3.92. The average Bonchev–Trinajstić information content (AvgIpc) is 3.51. The van der Waals surface area contributed by atoms with Gasteiger partial charge < -0.3 is 14.1 Å². The number of thioether (sulfide) groups is 1. The maximum atomic E-state index is 13.3. The van der Waals surface area contributed by atoms with Gasteiger partial charge in [-0.2, -0.15) is 8.78 Å². The van der Waals surface area contributed by atoms with Crippen LogP contribution in [-0.2, 0) is 22.6 Å². The van der Waals surface area contributed by atoms with Gasteiger partial charge in [-0.1, -0.05) is 36.0 Å². The summed E-state index contributed by atoms with van der Waals surface area (Å²) in [6.07, 6.45) is 3.79. The lowest BCUT2D eigenvalue weighted by molar-refractivity contribution is -0.131. The number of alkyl halides is 2. The van der Waals surface area contributed by atoms with Gasteiger partial charge in [-0.25, -0.2) is 4.99 Å². The van der Waals surface area contributed by atoms with E-state index in [0.29, 0.717) is 29.7 Å². The van der Waals surface area contributed by atoms with Crippen molar-refractivity contribution in [3.05, 3.63) is 89.5 Å². The Labute approximate surface area is 216 Å². The summed E-state index contributed by atoms with van der Waals surface area (Å²) < 4.78 is 34.9. The van der Waals surface area contributed by atoms with Gasteiger partial charge in [-0.05, 0) is 60.9 Å². The van der Waals surface area contributed by atoms with Crippen LogP contribution in [0.1, 0.15) is 23.8 Å². The SMILES string of the molecule is C[C@@H](SC1=N/C(=C/c2ccco2)C(=O)N1c1ccc(OC(F)F)cc1)C(=O)N1CCc2ccccc2C1. The van der Waals surface area contributed by atoms with E-state index in [1.165, 1.54) is 58.8 Å². The molecule has 1 aromatic heterocycles. The van der Waals surface area contributed by atoms with E-state index >= 15 is 0 Å². The predicted octanol–water partition coefficient (Wildman–Crippen LogP) is 5.33. The summed E-state index contributed by atoms with van der Waals surface area (Å²) in [7, 11) is 0. The molecule has 37 heavy (non-hydrogen) atoms. The third kappa shape index (κ3) is 5.43. The quantitative estimate of drug-likeness (QED) is 0.408. The third-order valence-corrected chi connectivity index (χ3v) is 7.08. The zero-order valence-electron chi connectivity index (χ0n) is 19.8. The number of hydrogen-bond donors (Lipinski definition) is 0. The third-order valence-electron chi connectivity index (χ3n) is 6.04. The second kappa shape index (κ2) is 10.6. The van der Waals surface area contributed by atoms with E-state index in [1.54, 1.807) is 19.1 Å². The van der Waals surface area contributed by atoms with Crippen LogP contribution in [0.5, 0.6) is 5.75 Å². The van der Waals surface area contributed by atoms with Crippen molar-refractivity contribution in [3.8, 4) is 5.75 Å². The van der Waals surface area contributed by atoms with Crippen molar-refractivity contribution in [3.63, 3.8) is 0 Å². The van der Waals surface area contributed by atoms with Crippen molar-refractivity contribution in [2.75, 3.05) is 11.4 Å². The molecule has 0 radical (unpaired) electrons. The summed E-state index contributed by atoms with van der Waals surface area (Å²) in [6.45, 7) is -0.0228. The average molecular weight is 524 g/mol. The highest BCUT2D eigenvalue weighted by Gasteiger charge is 2.35. The van der Waals surface area contributed by atoms with E-state index in [4.69, 9.17) is 4.42 Å². The fourth-order valence-corrected chi connectivity index (χ4v) is 5.25. The van der Waals surface area contributed by atoms with Crippen molar-refractivity contribution >= 4 is 40.5 Å². The number of hydrogen-bond acceptors (Lipinski definition) is 6. The molecule has 190 valence electrons. The molecule has 0 aliphatic carbocycles. The minimum Gasteiger partial charge on any atom is -0.465 e. The molecule has 2 aromatic carbocycles. The molecule has 0 spiro atoms. The number of furan rings is 1. The highest BCUT2D eigenvalue weighted by atomic mass is 32.2. The number of fused-ring (bicyclic) bond motifs is 1. The van der Waals surface area contributed by atoms with E-state index in [1.807, 2.05) is 23.1 Å². The lowest BCUT2D eigenvalue weighted by atomic mass is 10.00. The van der Waals surface area contributed by atoms with E-state index in [2.05, 4.69) is 15.8 Å². The van der Waals surface area contributed by atoms with Gasteiger partial charge in [0.05, 0.1) is 17.2 Å². The number of carbonyl (C=O) groups excluding carboxylic acids is 2. The van der Waals surface area contributed by atoms with Crippen LogP contribution in [0, 0.1) is 0 Å². The summed E-state index contributed by atoms with van der Waals surface area (Å²) in [5.41, 5.74) is 2.92. The minimum atomic E-state index is -2.96. The molecular weight excluding hydrogens is 500 g/mol. The van der Waals surface area contributed by atoms with Crippen LogP contribution in [0.25, 0.3) is 6.08 Å². The molecule has 2 aliphatic rings. The molecule has 5 rings (SSSR count). The Morgan fingerprint density at radius 3 is 2.57 bits per heavy atom. The number of rotatable bonds is 6. The Balaban J connectivity index is 1.38. The molecule has 3 heterocycles. The molecule has 2 aliphatic heterocycles. The summed E-state index contributed by atoms with van der Waals surface area (Å²) >= 11 is 1.17. The Kier molecular flexibility index (Phi) is 7.09. The maximum Gasteiger partial charge on any atom is 0.387 e. The smallest absolute Gasteiger partial charge is 0.387 e. The van der Waals surface area contributed by atoms with Gasteiger partial charge in [-0.3, -0.25) is 14.5 Å². The number of benzene rings is 2. The van der Waals surface area contributed by atoms with Gasteiger partial charge in [0.25, 0.3) is 5.91 Å². The molecule has 0 saturated carbocycles. The van der Waals surface area contributed by atoms with E-state index in [-0.39, 0.29) is 17.4 Å². The number of halogens is 2. The first-order valence-electron chi connectivity index (χ1n) is 11.6. The second-order valence-electron chi connectivity index (χ2n) is 8.49. The molecule has 2 amide bonds.